The molecule has 86 valence electrons. The fourth-order valence-corrected chi connectivity index (χ4v) is 1.22. The lowest BCUT2D eigenvalue weighted by Gasteiger charge is -2.11. The number of carbonyl (C=O) groups is 1. The Kier molecular flexibility index (Phi) is 4.54. The lowest BCUT2D eigenvalue weighted by molar-refractivity contribution is -0.142. The molecule has 16 heavy (non-hydrogen) atoms. The molecule has 0 saturated carbocycles. The summed E-state index contributed by atoms with van der Waals surface area (Å²) in [7, 11) is 1.31. The van der Waals surface area contributed by atoms with Crippen molar-refractivity contribution in [2.75, 3.05) is 13.7 Å². The zero-order valence-electron chi connectivity index (χ0n) is 9.18. The van der Waals surface area contributed by atoms with Gasteiger partial charge in [0, 0.05) is 0 Å². The third-order valence-electron chi connectivity index (χ3n) is 2.04. The lowest BCUT2D eigenvalue weighted by atomic mass is 10.1. The van der Waals surface area contributed by atoms with Crippen LogP contribution >= 0.6 is 0 Å². The van der Waals surface area contributed by atoms with Gasteiger partial charge in [-0.15, -0.1) is 0 Å². The predicted molar refractivity (Wildman–Crippen MR) is 61.1 cm³/mol. The van der Waals surface area contributed by atoms with E-state index < -0.39 is 12.0 Å². The molecule has 1 aromatic carbocycles. The minimum absolute atomic E-state index is 0.414. The van der Waals surface area contributed by atoms with E-state index >= 15 is 0 Å². The number of ether oxygens (including phenoxy) is 2. The molecule has 1 aromatic rings. The lowest BCUT2D eigenvalue weighted by Crippen LogP contribution is -2.22. The molecule has 0 unspecified atom stereocenters. The van der Waals surface area contributed by atoms with E-state index in [1.54, 1.807) is 30.3 Å². The van der Waals surface area contributed by atoms with Crippen LogP contribution in [0.5, 0.6) is 5.75 Å². The average molecular weight is 221 g/mol. The van der Waals surface area contributed by atoms with Gasteiger partial charge in [0.25, 0.3) is 0 Å². The van der Waals surface area contributed by atoms with E-state index in [1.165, 1.54) is 7.11 Å². The quantitative estimate of drug-likeness (QED) is 0.603. The maximum atomic E-state index is 11.2. The first-order valence-corrected chi connectivity index (χ1v) is 4.86. The molecule has 4 heteroatoms. The summed E-state index contributed by atoms with van der Waals surface area (Å²) < 4.78 is 9.90. The summed E-state index contributed by atoms with van der Waals surface area (Å²) in [6, 6.07) is 6.25. The van der Waals surface area contributed by atoms with Crippen molar-refractivity contribution in [3.8, 4) is 5.75 Å². The molecule has 0 saturated heterocycles. The molecule has 0 fully saturated rings. The maximum absolute atomic E-state index is 11.2. The van der Waals surface area contributed by atoms with Crippen LogP contribution in [0.1, 0.15) is 11.6 Å². The smallest absolute Gasteiger partial charge is 0.327 e. The van der Waals surface area contributed by atoms with Crippen LogP contribution < -0.4 is 10.5 Å². The van der Waals surface area contributed by atoms with Crippen molar-refractivity contribution >= 4 is 5.97 Å². The van der Waals surface area contributed by atoms with Crippen molar-refractivity contribution in [1.29, 1.82) is 0 Å². The van der Waals surface area contributed by atoms with E-state index in [-0.39, 0.29) is 0 Å². The Morgan fingerprint density at radius 1 is 1.62 bits per heavy atom. The number of benzene rings is 1. The van der Waals surface area contributed by atoms with E-state index in [4.69, 9.17) is 10.5 Å². The van der Waals surface area contributed by atoms with Crippen molar-refractivity contribution in [1.82, 2.24) is 0 Å². The minimum atomic E-state index is -0.780. The van der Waals surface area contributed by atoms with E-state index in [0.29, 0.717) is 17.9 Å². The summed E-state index contributed by atoms with van der Waals surface area (Å²) in [5.74, 6) is 0.178. The fourth-order valence-electron chi connectivity index (χ4n) is 1.22. The molecule has 0 aliphatic rings. The normalized spacial score (nSPS) is 11.6. The Hall–Kier alpha value is -1.81. The van der Waals surface area contributed by atoms with Crippen molar-refractivity contribution < 1.29 is 14.3 Å². The topological polar surface area (TPSA) is 61.5 Å². The van der Waals surface area contributed by atoms with Crippen molar-refractivity contribution in [2.45, 2.75) is 6.04 Å². The maximum Gasteiger partial charge on any atom is 0.327 e. The third kappa shape index (κ3) is 3.10. The first-order valence-electron chi connectivity index (χ1n) is 4.86. The van der Waals surface area contributed by atoms with Crippen LogP contribution in [0.2, 0.25) is 0 Å². The number of methoxy groups -OCH3 is 1. The van der Waals surface area contributed by atoms with Crippen LogP contribution in [-0.4, -0.2) is 19.7 Å². The standard InChI is InChI=1S/C12H15NO3/c1-3-7-16-10-6-4-5-9(8-10)11(13)12(14)15-2/h3-6,8,11H,1,7,13H2,2H3/t11-/m1/s1. The van der Waals surface area contributed by atoms with Gasteiger partial charge in [0.05, 0.1) is 7.11 Å². The van der Waals surface area contributed by atoms with Gasteiger partial charge in [-0.05, 0) is 17.7 Å². The third-order valence-corrected chi connectivity index (χ3v) is 2.04. The predicted octanol–water partition coefficient (Wildman–Crippen LogP) is 1.42. The highest BCUT2D eigenvalue weighted by Crippen LogP contribution is 2.18. The number of nitrogens with two attached hydrogens (primary N) is 1. The Morgan fingerprint density at radius 2 is 2.38 bits per heavy atom. The van der Waals surface area contributed by atoms with Gasteiger partial charge in [-0.2, -0.15) is 0 Å². The van der Waals surface area contributed by atoms with Gasteiger partial charge in [0.1, 0.15) is 18.4 Å². The average Bonchev–Trinajstić information content (AvgIpc) is 2.34. The molecule has 0 amide bonds. The summed E-state index contributed by atoms with van der Waals surface area (Å²) in [4.78, 5) is 11.2. The highest BCUT2D eigenvalue weighted by Gasteiger charge is 2.16. The van der Waals surface area contributed by atoms with Gasteiger partial charge in [-0.3, -0.25) is 4.79 Å². The second-order valence-electron chi connectivity index (χ2n) is 3.17. The van der Waals surface area contributed by atoms with Gasteiger partial charge >= 0.3 is 5.97 Å². The molecule has 0 radical (unpaired) electrons. The second-order valence-corrected chi connectivity index (χ2v) is 3.17. The van der Waals surface area contributed by atoms with Gasteiger partial charge in [-0.25, -0.2) is 0 Å². The zero-order valence-corrected chi connectivity index (χ0v) is 9.18. The van der Waals surface area contributed by atoms with Gasteiger partial charge in [-0.1, -0.05) is 24.8 Å². The highest BCUT2D eigenvalue weighted by molar-refractivity contribution is 5.77. The summed E-state index contributed by atoms with van der Waals surface area (Å²) in [5, 5.41) is 0. The summed E-state index contributed by atoms with van der Waals surface area (Å²) >= 11 is 0. The summed E-state index contributed by atoms with van der Waals surface area (Å²) in [6.07, 6.45) is 1.65. The number of hydrogen-bond donors (Lipinski definition) is 1. The Morgan fingerprint density at radius 3 is 3.00 bits per heavy atom. The summed E-state index contributed by atoms with van der Waals surface area (Å²) in [5.41, 5.74) is 6.36. The summed E-state index contributed by atoms with van der Waals surface area (Å²) in [6.45, 7) is 3.96. The molecular formula is C12H15NO3. The van der Waals surface area contributed by atoms with E-state index in [1.807, 2.05) is 0 Å². The molecule has 0 bridgehead atoms. The Bertz CT molecular complexity index is 376. The highest BCUT2D eigenvalue weighted by atomic mass is 16.5. The number of carbonyl (C=O) groups excluding carboxylic acids is 1. The van der Waals surface area contributed by atoms with Crippen LogP contribution in [-0.2, 0) is 9.53 Å². The largest absolute Gasteiger partial charge is 0.490 e. The molecule has 0 aliphatic heterocycles. The molecule has 1 atom stereocenters. The molecule has 0 heterocycles. The Labute approximate surface area is 94.7 Å². The molecule has 2 N–H and O–H groups in total. The van der Waals surface area contributed by atoms with Crippen molar-refractivity contribution in [3.63, 3.8) is 0 Å². The molecule has 4 nitrogen and oxygen atoms in total. The van der Waals surface area contributed by atoms with Crippen LogP contribution in [0, 0.1) is 0 Å². The number of esters is 1. The number of hydrogen-bond acceptors (Lipinski definition) is 4. The van der Waals surface area contributed by atoms with Crippen LogP contribution in [0.25, 0.3) is 0 Å². The van der Waals surface area contributed by atoms with Crippen molar-refractivity contribution in [3.05, 3.63) is 42.5 Å². The first-order chi connectivity index (χ1) is 7.69. The van der Waals surface area contributed by atoms with E-state index in [0.717, 1.165) is 0 Å². The van der Waals surface area contributed by atoms with Gasteiger partial charge in [0.15, 0.2) is 0 Å². The first kappa shape index (κ1) is 12.3. The molecular weight excluding hydrogens is 206 g/mol. The van der Waals surface area contributed by atoms with Crippen LogP contribution in [0.3, 0.4) is 0 Å². The molecule has 1 rings (SSSR count). The van der Waals surface area contributed by atoms with Gasteiger partial charge in [0.2, 0.25) is 0 Å². The Balaban J connectivity index is 2.80. The molecule has 0 aliphatic carbocycles. The molecule has 0 spiro atoms. The zero-order chi connectivity index (χ0) is 12.0. The van der Waals surface area contributed by atoms with Crippen LogP contribution in [0.15, 0.2) is 36.9 Å². The fraction of sp³-hybridized carbons (Fsp3) is 0.250. The second kappa shape index (κ2) is 5.92. The van der Waals surface area contributed by atoms with Gasteiger partial charge < -0.3 is 15.2 Å². The van der Waals surface area contributed by atoms with Crippen molar-refractivity contribution in [2.24, 2.45) is 5.73 Å². The van der Waals surface area contributed by atoms with E-state index in [9.17, 15) is 4.79 Å². The minimum Gasteiger partial charge on any atom is -0.490 e. The SMILES string of the molecule is C=CCOc1cccc([C@@H](N)C(=O)OC)c1. The monoisotopic (exact) mass is 221 g/mol. The van der Waals surface area contributed by atoms with E-state index in [2.05, 4.69) is 11.3 Å². The number of rotatable bonds is 5. The molecule has 0 aromatic heterocycles. The van der Waals surface area contributed by atoms with Crippen LogP contribution in [0.4, 0.5) is 0 Å².